The predicted molar refractivity (Wildman–Crippen MR) is 124 cm³/mol. The fourth-order valence-electron chi connectivity index (χ4n) is 4.29. The molecule has 2 fully saturated rings. The average molecular weight is 504 g/mol. The molecule has 154 valence electrons. The largest absolute Gasteiger partial charge is 0.465 e. The van der Waals surface area contributed by atoms with Gasteiger partial charge in [0.2, 0.25) is 0 Å². The summed E-state index contributed by atoms with van der Waals surface area (Å²) in [5.74, 6) is 1.22. The Kier molecular flexibility index (Phi) is 6.88. The first-order chi connectivity index (χ1) is 14.1. The Morgan fingerprint density at radius 2 is 1.79 bits per heavy atom. The van der Waals surface area contributed by atoms with Crippen LogP contribution in [0.5, 0.6) is 0 Å². The van der Waals surface area contributed by atoms with Crippen LogP contribution in [0.15, 0.2) is 48.5 Å². The van der Waals surface area contributed by atoms with Crippen LogP contribution in [0.1, 0.15) is 46.7 Å². The Balaban J connectivity index is 1.16. The molecule has 0 amide bonds. The molecule has 4 rings (SSSR count). The van der Waals surface area contributed by atoms with Crippen molar-refractivity contribution in [1.82, 2.24) is 10.2 Å². The van der Waals surface area contributed by atoms with Crippen molar-refractivity contribution in [3.05, 3.63) is 68.8 Å². The average Bonchev–Trinajstić information content (AvgIpc) is 3.53. The molecule has 1 saturated carbocycles. The van der Waals surface area contributed by atoms with Gasteiger partial charge in [0.25, 0.3) is 0 Å². The number of halogens is 1. The lowest BCUT2D eigenvalue weighted by Crippen LogP contribution is -2.37. The van der Waals surface area contributed by atoms with Crippen LogP contribution in [-0.4, -0.2) is 43.7 Å². The summed E-state index contributed by atoms with van der Waals surface area (Å²) in [5.41, 5.74) is 3.35. The minimum absolute atomic E-state index is 0.273. The lowest BCUT2D eigenvalue weighted by Gasteiger charge is -2.32. The summed E-state index contributed by atoms with van der Waals surface area (Å²) in [7, 11) is 1.42. The molecule has 5 heteroatoms. The standard InChI is InChI=1S/C24H29IN2O2/c1-29-24(28)20-4-2-18(3-5-20)16-27-12-10-17(11-13-27)15-26-23-14-22(23)19-6-8-21(25)9-7-19/h2-9,17,22-23,26H,10-16H2,1H3/t22-,23+/m0/s1. The number of esters is 1. The van der Waals surface area contributed by atoms with Crippen LogP contribution >= 0.6 is 22.6 Å². The first-order valence-corrected chi connectivity index (χ1v) is 11.6. The van der Waals surface area contributed by atoms with E-state index < -0.39 is 0 Å². The quantitative estimate of drug-likeness (QED) is 0.448. The summed E-state index contributed by atoms with van der Waals surface area (Å²) in [6, 6.07) is 17.5. The molecule has 1 N–H and O–H groups in total. The van der Waals surface area contributed by atoms with E-state index in [1.54, 1.807) is 0 Å². The second kappa shape index (κ2) is 9.58. The van der Waals surface area contributed by atoms with E-state index in [4.69, 9.17) is 4.74 Å². The van der Waals surface area contributed by atoms with Gasteiger partial charge in [0.1, 0.15) is 0 Å². The zero-order chi connectivity index (χ0) is 20.2. The van der Waals surface area contributed by atoms with Crippen molar-refractivity contribution in [3.63, 3.8) is 0 Å². The van der Waals surface area contributed by atoms with Gasteiger partial charge in [-0.3, -0.25) is 4.90 Å². The Morgan fingerprint density at radius 1 is 1.10 bits per heavy atom. The van der Waals surface area contributed by atoms with Crippen LogP contribution in [0.25, 0.3) is 0 Å². The van der Waals surface area contributed by atoms with E-state index in [9.17, 15) is 4.79 Å². The van der Waals surface area contributed by atoms with Gasteiger partial charge < -0.3 is 10.1 Å². The maximum Gasteiger partial charge on any atom is 0.337 e. The molecule has 0 aromatic heterocycles. The predicted octanol–water partition coefficient (Wildman–Crippen LogP) is 4.44. The molecule has 1 heterocycles. The molecule has 0 spiro atoms. The first kappa shape index (κ1) is 20.8. The molecule has 4 nitrogen and oxygen atoms in total. The highest BCUT2D eigenvalue weighted by Crippen LogP contribution is 2.41. The van der Waals surface area contributed by atoms with Crippen molar-refractivity contribution < 1.29 is 9.53 Å². The molecule has 2 aliphatic rings. The Hall–Kier alpha value is -1.44. The number of nitrogens with zero attached hydrogens (tertiary/aromatic N) is 1. The Morgan fingerprint density at radius 3 is 2.45 bits per heavy atom. The normalized spacial score (nSPS) is 22.4. The molecule has 2 aromatic rings. The van der Waals surface area contributed by atoms with Gasteiger partial charge in [-0.15, -0.1) is 0 Å². The number of carbonyl (C=O) groups excluding carboxylic acids is 1. The van der Waals surface area contributed by atoms with Crippen LogP contribution in [0.2, 0.25) is 0 Å². The van der Waals surface area contributed by atoms with Gasteiger partial charge in [-0.05, 0) is 103 Å². The van der Waals surface area contributed by atoms with Gasteiger partial charge in [-0.2, -0.15) is 0 Å². The van der Waals surface area contributed by atoms with Crippen molar-refractivity contribution in [2.45, 2.75) is 37.8 Å². The number of piperidine rings is 1. The van der Waals surface area contributed by atoms with E-state index >= 15 is 0 Å². The number of nitrogens with one attached hydrogen (secondary N) is 1. The number of hydrogen-bond donors (Lipinski definition) is 1. The lowest BCUT2D eigenvalue weighted by molar-refractivity contribution is 0.0600. The minimum Gasteiger partial charge on any atom is -0.465 e. The van der Waals surface area contributed by atoms with Gasteiger partial charge >= 0.3 is 5.97 Å². The maximum absolute atomic E-state index is 11.5. The van der Waals surface area contributed by atoms with Gasteiger partial charge in [0, 0.05) is 22.1 Å². The summed E-state index contributed by atoms with van der Waals surface area (Å²) in [4.78, 5) is 14.1. The third kappa shape index (κ3) is 5.58. The molecular weight excluding hydrogens is 475 g/mol. The summed E-state index contributed by atoms with van der Waals surface area (Å²) in [6.45, 7) is 4.40. The van der Waals surface area contributed by atoms with Crippen LogP contribution in [0.4, 0.5) is 0 Å². The molecule has 0 bridgehead atoms. The Bertz CT molecular complexity index is 814. The zero-order valence-corrected chi connectivity index (χ0v) is 19.1. The smallest absolute Gasteiger partial charge is 0.337 e. The van der Waals surface area contributed by atoms with Gasteiger partial charge in [0.05, 0.1) is 12.7 Å². The third-order valence-electron chi connectivity index (χ3n) is 6.25. The maximum atomic E-state index is 11.5. The number of hydrogen-bond acceptors (Lipinski definition) is 4. The molecule has 0 radical (unpaired) electrons. The molecule has 2 atom stereocenters. The number of likely N-dealkylation sites (tertiary alicyclic amines) is 1. The number of benzene rings is 2. The molecule has 1 aliphatic heterocycles. The second-order valence-corrected chi connectivity index (χ2v) is 9.56. The topological polar surface area (TPSA) is 41.6 Å². The van der Waals surface area contributed by atoms with Gasteiger partial charge in [-0.25, -0.2) is 4.79 Å². The molecule has 29 heavy (non-hydrogen) atoms. The van der Waals surface area contributed by atoms with Crippen LogP contribution in [-0.2, 0) is 11.3 Å². The number of carbonyl (C=O) groups is 1. The van der Waals surface area contributed by atoms with Crippen molar-refractivity contribution in [1.29, 1.82) is 0 Å². The monoisotopic (exact) mass is 504 g/mol. The van der Waals surface area contributed by atoms with E-state index in [0.29, 0.717) is 17.5 Å². The van der Waals surface area contributed by atoms with Crippen molar-refractivity contribution >= 4 is 28.6 Å². The number of rotatable bonds is 7. The van der Waals surface area contributed by atoms with Crippen molar-refractivity contribution in [2.24, 2.45) is 5.92 Å². The number of methoxy groups -OCH3 is 1. The van der Waals surface area contributed by atoms with E-state index in [0.717, 1.165) is 32.1 Å². The highest BCUT2D eigenvalue weighted by molar-refractivity contribution is 14.1. The fourth-order valence-corrected chi connectivity index (χ4v) is 4.65. The first-order valence-electron chi connectivity index (χ1n) is 10.5. The molecule has 0 unspecified atom stereocenters. The SMILES string of the molecule is COC(=O)c1ccc(CN2CCC(CN[C@@H]3C[C@H]3c3ccc(I)cc3)CC2)cc1. The van der Waals surface area contributed by atoms with Crippen LogP contribution in [0.3, 0.4) is 0 Å². The van der Waals surface area contributed by atoms with Crippen LogP contribution in [0, 0.1) is 9.49 Å². The van der Waals surface area contributed by atoms with Crippen molar-refractivity contribution in [2.75, 3.05) is 26.7 Å². The molecule has 2 aromatic carbocycles. The van der Waals surface area contributed by atoms with E-state index in [1.165, 1.54) is 41.1 Å². The molecule has 1 saturated heterocycles. The Labute approximate surface area is 187 Å². The third-order valence-corrected chi connectivity index (χ3v) is 6.96. The summed E-state index contributed by atoms with van der Waals surface area (Å²) in [5, 5.41) is 3.81. The van der Waals surface area contributed by atoms with E-state index in [-0.39, 0.29) is 5.97 Å². The number of ether oxygens (including phenoxy) is 1. The van der Waals surface area contributed by atoms with Gasteiger partial charge in [0.15, 0.2) is 0 Å². The highest BCUT2D eigenvalue weighted by atomic mass is 127. The summed E-state index contributed by atoms with van der Waals surface area (Å²) in [6.07, 6.45) is 3.79. The second-order valence-electron chi connectivity index (χ2n) is 8.32. The summed E-state index contributed by atoms with van der Waals surface area (Å²) >= 11 is 2.37. The summed E-state index contributed by atoms with van der Waals surface area (Å²) < 4.78 is 6.07. The van der Waals surface area contributed by atoms with E-state index in [1.807, 2.05) is 24.3 Å². The van der Waals surface area contributed by atoms with Crippen LogP contribution < -0.4 is 5.32 Å². The fraction of sp³-hybridized carbons (Fsp3) is 0.458. The van der Waals surface area contributed by atoms with E-state index in [2.05, 4.69) is 57.1 Å². The highest BCUT2D eigenvalue weighted by Gasteiger charge is 2.38. The minimum atomic E-state index is -0.273. The lowest BCUT2D eigenvalue weighted by atomic mass is 9.96. The zero-order valence-electron chi connectivity index (χ0n) is 16.9. The van der Waals surface area contributed by atoms with Gasteiger partial charge in [-0.1, -0.05) is 24.3 Å². The molecule has 1 aliphatic carbocycles. The van der Waals surface area contributed by atoms with Crippen molar-refractivity contribution in [3.8, 4) is 0 Å². The molecular formula is C24H29IN2O2.